The van der Waals surface area contributed by atoms with Gasteiger partial charge in [0.05, 0.1) is 12.4 Å². The minimum Gasteiger partial charge on any atom is -0.382 e. The number of halogens is 2. The molecule has 0 aliphatic carbocycles. The summed E-state index contributed by atoms with van der Waals surface area (Å²) in [6, 6.07) is 3.30. The Kier molecular flexibility index (Phi) is 3.52. The number of aromatic nitrogens is 2. The predicted octanol–water partition coefficient (Wildman–Crippen LogP) is 2.19. The van der Waals surface area contributed by atoms with E-state index in [1.165, 1.54) is 24.5 Å². The monoisotopic (exact) mass is 266 g/mol. The van der Waals surface area contributed by atoms with Crippen LogP contribution in [0.2, 0.25) is 0 Å². The van der Waals surface area contributed by atoms with Gasteiger partial charge in [0.15, 0.2) is 0 Å². The van der Waals surface area contributed by atoms with Crippen LogP contribution in [0.25, 0.3) is 0 Å². The second-order valence-corrected chi connectivity index (χ2v) is 4.39. The molecule has 0 aliphatic heterocycles. The molecule has 4 nitrogen and oxygen atoms in total. The Bertz CT molecular complexity index is 586. The number of nitrogen functional groups attached to an aromatic ring is 1. The number of rotatable bonds is 3. The van der Waals surface area contributed by atoms with E-state index in [-0.39, 0.29) is 16.4 Å². The molecule has 0 bridgehead atoms. The van der Waals surface area contributed by atoms with Gasteiger partial charge in [-0.3, -0.25) is 5.41 Å². The Morgan fingerprint density at radius 1 is 1.22 bits per heavy atom. The lowest BCUT2D eigenvalue weighted by Crippen LogP contribution is -2.13. The fraction of sp³-hybridized carbons (Fsp3) is 0. The maximum Gasteiger partial charge on any atom is 0.143 e. The van der Waals surface area contributed by atoms with Crippen molar-refractivity contribution in [2.24, 2.45) is 5.73 Å². The number of nitrogens with zero attached hydrogens (tertiary/aromatic N) is 2. The molecule has 0 amide bonds. The number of nitrogens with two attached hydrogens (primary N) is 1. The van der Waals surface area contributed by atoms with Gasteiger partial charge >= 0.3 is 0 Å². The summed E-state index contributed by atoms with van der Waals surface area (Å²) < 4.78 is 26.1. The molecule has 0 radical (unpaired) electrons. The van der Waals surface area contributed by atoms with Crippen molar-refractivity contribution >= 4 is 17.6 Å². The summed E-state index contributed by atoms with van der Waals surface area (Å²) in [4.78, 5) is 8.12. The average molecular weight is 266 g/mol. The molecule has 0 saturated carbocycles. The molecule has 92 valence electrons. The van der Waals surface area contributed by atoms with Crippen molar-refractivity contribution in [3.63, 3.8) is 0 Å². The van der Waals surface area contributed by atoms with Crippen LogP contribution in [0.4, 0.5) is 8.78 Å². The molecule has 1 aromatic heterocycles. The number of amidine groups is 1. The fourth-order valence-corrected chi connectivity index (χ4v) is 1.91. The topological polar surface area (TPSA) is 75.7 Å². The summed E-state index contributed by atoms with van der Waals surface area (Å²) in [6.45, 7) is 0. The molecule has 2 aromatic rings. The first-order chi connectivity index (χ1) is 8.56. The van der Waals surface area contributed by atoms with E-state index in [4.69, 9.17) is 11.1 Å². The number of hydrogen-bond acceptors (Lipinski definition) is 4. The first-order valence-electron chi connectivity index (χ1n) is 4.85. The van der Waals surface area contributed by atoms with E-state index in [0.29, 0.717) is 5.03 Å². The van der Waals surface area contributed by atoms with E-state index in [9.17, 15) is 8.78 Å². The van der Waals surface area contributed by atoms with Gasteiger partial charge in [-0.15, -0.1) is 0 Å². The van der Waals surface area contributed by atoms with Crippen molar-refractivity contribution in [2.45, 2.75) is 9.92 Å². The van der Waals surface area contributed by atoms with Crippen LogP contribution in [-0.4, -0.2) is 15.8 Å². The quantitative estimate of drug-likeness (QED) is 0.659. The Balaban J connectivity index is 2.21. The fourth-order valence-electron chi connectivity index (χ4n) is 1.18. The Morgan fingerprint density at radius 2 is 2.00 bits per heavy atom. The molecule has 7 heteroatoms. The summed E-state index contributed by atoms with van der Waals surface area (Å²) in [6.07, 6.45) is 2.70. The van der Waals surface area contributed by atoms with Gasteiger partial charge < -0.3 is 5.73 Å². The van der Waals surface area contributed by atoms with E-state index in [1.807, 2.05) is 0 Å². The van der Waals surface area contributed by atoms with Gasteiger partial charge in [0, 0.05) is 11.0 Å². The van der Waals surface area contributed by atoms with Crippen LogP contribution >= 0.6 is 11.8 Å². The second-order valence-electron chi connectivity index (χ2n) is 3.33. The molecule has 0 atom stereocenters. The maximum absolute atomic E-state index is 13.4. The van der Waals surface area contributed by atoms with E-state index >= 15 is 0 Å². The maximum atomic E-state index is 13.4. The second kappa shape index (κ2) is 5.09. The lowest BCUT2D eigenvalue weighted by molar-refractivity contribution is 0.565. The molecule has 18 heavy (non-hydrogen) atoms. The van der Waals surface area contributed by atoms with E-state index in [2.05, 4.69) is 9.97 Å². The summed E-state index contributed by atoms with van der Waals surface area (Å²) in [5, 5.41) is 7.59. The molecular weight excluding hydrogens is 258 g/mol. The third kappa shape index (κ3) is 2.80. The summed E-state index contributed by atoms with van der Waals surface area (Å²) >= 11 is 1.02. The van der Waals surface area contributed by atoms with Crippen LogP contribution in [0.3, 0.4) is 0 Å². The van der Waals surface area contributed by atoms with Gasteiger partial charge in [0.1, 0.15) is 28.2 Å². The van der Waals surface area contributed by atoms with Crippen molar-refractivity contribution in [3.8, 4) is 0 Å². The SMILES string of the molecule is N=C(N)c1cnc(Sc2ccc(F)cc2F)cn1. The third-order valence-electron chi connectivity index (χ3n) is 2.01. The summed E-state index contributed by atoms with van der Waals surface area (Å²) in [7, 11) is 0. The zero-order valence-corrected chi connectivity index (χ0v) is 9.84. The molecule has 0 aliphatic rings. The molecule has 0 saturated heterocycles. The van der Waals surface area contributed by atoms with E-state index in [0.717, 1.165) is 17.8 Å². The van der Waals surface area contributed by atoms with Gasteiger partial charge in [-0.25, -0.2) is 18.7 Å². The standard InChI is InChI=1S/C11H8F2N4S/c12-6-1-2-9(7(13)3-6)18-10-5-16-8(4-17-10)11(14)15/h1-5H,(H3,14,15). The molecule has 1 heterocycles. The minimum absolute atomic E-state index is 0.188. The molecule has 0 unspecified atom stereocenters. The third-order valence-corrected chi connectivity index (χ3v) is 2.98. The average Bonchev–Trinajstić information content (AvgIpc) is 2.33. The van der Waals surface area contributed by atoms with Crippen LogP contribution in [0.5, 0.6) is 0 Å². The van der Waals surface area contributed by atoms with Crippen molar-refractivity contribution in [2.75, 3.05) is 0 Å². The highest BCUT2D eigenvalue weighted by Gasteiger charge is 2.07. The van der Waals surface area contributed by atoms with Gasteiger partial charge in [-0.2, -0.15) is 0 Å². The van der Waals surface area contributed by atoms with Gasteiger partial charge in [0.2, 0.25) is 0 Å². The van der Waals surface area contributed by atoms with Gasteiger partial charge in [0.25, 0.3) is 0 Å². The highest BCUT2D eigenvalue weighted by molar-refractivity contribution is 7.99. The van der Waals surface area contributed by atoms with Crippen LogP contribution in [0, 0.1) is 17.0 Å². The van der Waals surface area contributed by atoms with Gasteiger partial charge in [-0.1, -0.05) is 11.8 Å². The first kappa shape index (κ1) is 12.4. The van der Waals surface area contributed by atoms with Crippen molar-refractivity contribution < 1.29 is 8.78 Å². The smallest absolute Gasteiger partial charge is 0.143 e. The number of hydrogen-bond donors (Lipinski definition) is 2. The Hall–Kier alpha value is -2.02. The Labute approximate surface area is 106 Å². The summed E-state index contributed by atoms with van der Waals surface area (Å²) in [5.74, 6) is -1.47. The highest BCUT2D eigenvalue weighted by Crippen LogP contribution is 2.28. The van der Waals surface area contributed by atoms with Crippen molar-refractivity contribution in [1.82, 2.24) is 9.97 Å². The van der Waals surface area contributed by atoms with Crippen LogP contribution in [0.15, 0.2) is 40.5 Å². The van der Waals surface area contributed by atoms with E-state index < -0.39 is 11.6 Å². The van der Waals surface area contributed by atoms with Gasteiger partial charge in [-0.05, 0) is 12.1 Å². The number of nitrogens with one attached hydrogen (secondary N) is 1. The molecule has 0 fully saturated rings. The van der Waals surface area contributed by atoms with Crippen molar-refractivity contribution in [3.05, 3.63) is 47.9 Å². The zero-order chi connectivity index (χ0) is 13.1. The van der Waals surface area contributed by atoms with Crippen LogP contribution in [-0.2, 0) is 0 Å². The largest absolute Gasteiger partial charge is 0.382 e. The van der Waals surface area contributed by atoms with Crippen molar-refractivity contribution in [1.29, 1.82) is 5.41 Å². The molecular formula is C11H8F2N4S. The van der Waals surface area contributed by atoms with E-state index in [1.54, 1.807) is 0 Å². The number of benzene rings is 1. The van der Waals surface area contributed by atoms with Crippen LogP contribution < -0.4 is 5.73 Å². The molecule has 0 spiro atoms. The predicted molar refractivity (Wildman–Crippen MR) is 63.5 cm³/mol. The highest BCUT2D eigenvalue weighted by atomic mass is 32.2. The lowest BCUT2D eigenvalue weighted by Gasteiger charge is -2.03. The van der Waals surface area contributed by atoms with Crippen LogP contribution in [0.1, 0.15) is 5.69 Å². The lowest BCUT2D eigenvalue weighted by atomic mass is 10.3. The minimum atomic E-state index is -0.655. The molecule has 3 N–H and O–H groups in total. The summed E-state index contributed by atoms with van der Waals surface area (Å²) in [5.41, 5.74) is 5.48. The molecule has 2 rings (SSSR count). The molecule has 1 aromatic carbocycles. The first-order valence-corrected chi connectivity index (χ1v) is 5.67. The zero-order valence-electron chi connectivity index (χ0n) is 9.02. The normalized spacial score (nSPS) is 10.3. The Morgan fingerprint density at radius 3 is 2.56 bits per heavy atom.